The summed E-state index contributed by atoms with van der Waals surface area (Å²) in [6.45, 7) is 5.27. The Balaban J connectivity index is 1.74. The number of anilines is 2. The predicted octanol–water partition coefficient (Wildman–Crippen LogP) is 3.29. The fourth-order valence-corrected chi connectivity index (χ4v) is 3.50. The lowest BCUT2D eigenvalue weighted by Gasteiger charge is -2.21. The number of nitrogens with two attached hydrogens (primary N) is 1. The number of nitrogens with zero attached hydrogens (tertiary/aromatic N) is 1. The van der Waals surface area contributed by atoms with Crippen molar-refractivity contribution in [3.63, 3.8) is 0 Å². The summed E-state index contributed by atoms with van der Waals surface area (Å²) in [7, 11) is 0. The Kier molecular flexibility index (Phi) is 3.54. The third-order valence-electron chi connectivity index (χ3n) is 4.55. The summed E-state index contributed by atoms with van der Waals surface area (Å²) in [5.74, 6) is 2.67. The highest BCUT2D eigenvalue weighted by Crippen LogP contribution is 2.40. The van der Waals surface area contributed by atoms with E-state index in [0.717, 1.165) is 36.3 Å². The van der Waals surface area contributed by atoms with Crippen LogP contribution in [0.2, 0.25) is 0 Å². The number of fused-ring (bicyclic) bond motifs is 1. The van der Waals surface area contributed by atoms with Gasteiger partial charge in [0.05, 0.1) is 12.3 Å². The van der Waals surface area contributed by atoms with Crippen LogP contribution < -0.4 is 15.4 Å². The first-order valence-electron chi connectivity index (χ1n) is 7.55. The van der Waals surface area contributed by atoms with E-state index < -0.39 is 0 Å². The zero-order valence-corrected chi connectivity index (χ0v) is 11.8. The molecule has 0 radical (unpaired) electrons. The van der Waals surface area contributed by atoms with Crippen molar-refractivity contribution in [1.82, 2.24) is 0 Å². The van der Waals surface area contributed by atoms with Crippen molar-refractivity contribution in [2.75, 3.05) is 30.3 Å². The average Bonchev–Trinajstić information content (AvgIpc) is 2.98. The first kappa shape index (κ1) is 12.6. The van der Waals surface area contributed by atoms with Gasteiger partial charge in [-0.05, 0) is 43.2 Å². The quantitative estimate of drug-likeness (QED) is 0.844. The van der Waals surface area contributed by atoms with Gasteiger partial charge in [0.25, 0.3) is 0 Å². The predicted molar refractivity (Wildman–Crippen MR) is 79.7 cm³/mol. The topological polar surface area (TPSA) is 38.5 Å². The van der Waals surface area contributed by atoms with E-state index in [1.54, 1.807) is 0 Å². The number of ether oxygens (including phenoxy) is 1. The van der Waals surface area contributed by atoms with Crippen molar-refractivity contribution in [3.8, 4) is 5.75 Å². The lowest BCUT2D eigenvalue weighted by molar-refractivity contribution is 0.319. The molecule has 1 heterocycles. The van der Waals surface area contributed by atoms with Crippen LogP contribution in [0.25, 0.3) is 0 Å². The summed E-state index contributed by atoms with van der Waals surface area (Å²) < 4.78 is 5.73. The maximum atomic E-state index is 5.98. The molecule has 0 amide bonds. The van der Waals surface area contributed by atoms with Gasteiger partial charge in [0.15, 0.2) is 0 Å². The molecule has 1 aromatic rings. The molecule has 3 nitrogen and oxygen atoms in total. The van der Waals surface area contributed by atoms with Crippen LogP contribution in [0.15, 0.2) is 18.2 Å². The second-order valence-corrected chi connectivity index (χ2v) is 5.93. The van der Waals surface area contributed by atoms with Crippen LogP contribution in [0, 0.1) is 11.8 Å². The largest absolute Gasteiger partial charge is 0.491 e. The Labute approximate surface area is 115 Å². The standard InChI is InChI=1S/C16H24N2O/c1-2-8-19-16-9-14(6-7-15(16)17)18-10-12-4-3-5-13(12)11-18/h6-7,9,12-13H,2-5,8,10-11,17H2,1H3. The van der Waals surface area contributed by atoms with Gasteiger partial charge in [-0.25, -0.2) is 0 Å². The van der Waals surface area contributed by atoms with Crippen LogP contribution in [0.5, 0.6) is 5.75 Å². The third kappa shape index (κ3) is 2.51. The highest BCUT2D eigenvalue weighted by Gasteiger charge is 2.36. The van der Waals surface area contributed by atoms with E-state index in [1.165, 1.54) is 38.0 Å². The molecule has 3 heteroatoms. The summed E-state index contributed by atoms with van der Waals surface area (Å²) in [4.78, 5) is 2.51. The molecule has 2 atom stereocenters. The van der Waals surface area contributed by atoms with Crippen molar-refractivity contribution in [2.45, 2.75) is 32.6 Å². The lowest BCUT2D eigenvalue weighted by Crippen LogP contribution is -2.20. The minimum Gasteiger partial charge on any atom is -0.491 e. The first-order valence-corrected chi connectivity index (χ1v) is 7.55. The van der Waals surface area contributed by atoms with Gasteiger partial charge >= 0.3 is 0 Å². The van der Waals surface area contributed by atoms with Crippen molar-refractivity contribution in [2.24, 2.45) is 11.8 Å². The average molecular weight is 260 g/mol. The SMILES string of the molecule is CCCOc1cc(N2CC3CCCC3C2)ccc1N. The highest BCUT2D eigenvalue weighted by molar-refractivity contribution is 5.62. The summed E-state index contributed by atoms with van der Waals surface area (Å²) in [5.41, 5.74) is 8.00. The molecular formula is C16H24N2O. The van der Waals surface area contributed by atoms with Gasteiger partial charge in [0.1, 0.15) is 5.75 Å². The minimum atomic E-state index is 0.735. The normalized spacial score (nSPS) is 25.6. The molecular weight excluding hydrogens is 236 g/mol. The van der Waals surface area contributed by atoms with E-state index in [1.807, 2.05) is 6.07 Å². The molecule has 19 heavy (non-hydrogen) atoms. The Hall–Kier alpha value is -1.38. The Morgan fingerprint density at radius 3 is 2.68 bits per heavy atom. The van der Waals surface area contributed by atoms with Crippen molar-refractivity contribution < 1.29 is 4.74 Å². The second-order valence-electron chi connectivity index (χ2n) is 5.93. The van der Waals surface area contributed by atoms with Gasteiger partial charge in [-0.15, -0.1) is 0 Å². The van der Waals surface area contributed by atoms with E-state index in [0.29, 0.717) is 0 Å². The maximum absolute atomic E-state index is 5.98. The zero-order valence-electron chi connectivity index (χ0n) is 11.8. The van der Waals surface area contributed by atoms with Gasteiger partial charge in [-0.2, -0.15) is 0 Å². The fraction of sp³-hybridized carbons (Fsp3) is 0.625. The summed E-state index contributed by atoms with van der Waals surface area (Å²) in [6.07, 6.45) is 5.26. The number of rotatable bonds is 4. The molecule has 1 saturated carbocycles. The van der Waals surface area contributed by atoms with E-state index >= 15 is 0 Å². The van der Waals surface area contributed by atoms with Crippen LogP contribution in [0.1, 0.15) is 32.6 Å². The molecule has 104 valence electrons. The molecule has 2 fully saturated rings. The van der Waals surface area contributed by atoms with Crippen LogP contribution in [-0.2, 0) is 0 Å². The molecule has 2 aliphatic rings. The van der Waals surface area contributed by atoms with Gasteiger partial charge in [-0.3, -0.25) is 0 Å². The molecule has 0 aromatic heterocycles. The molecule has 1 aliphatic carbocycles. The van der Waals surface area contributed by atoms with E-state index in [4.69, 9.17) is 10.5 Å². The third-order valence-corrected chi connectivity index (χ3v) is 4.55. The summed E-state index contributed by atoms with van der Waals surface area (Å²) in [5, 5.41) is 0. The van der Waals surface area contributed by atoms with Gasteiger partial charge in [0, 0.05) is 24.8 Å². The maximum Gasteiger partial charge on any atom is 0.144 e. The van der Waals surface area contributed by atoms with Gasteiger partial charge in [-0.1, -0.05) is 13.3 Å². The fourth-order valence-electron chi connectivity index (χ4n) is 3.50. The number of nitrogen functional groups attached to an aromatic ring is 1. The Morgan fingerprint density at radius 1 is 1.26 bits per heavy atom. The molecule has 2 N–H and O–H groups in total. The van der Waals surface area contributed by atoms with E-state index in [9.17, 15) is 0 Å². The molecule has 3 rings (SSSR count). The number of benzene rings is 1. The van der Waals surface area contributed by atoms with E-state index in [-0.39, 0.29) is 0 Å². The van der Waals surface area contributed by atoms with Crippen molar-refractivity contribution >= 4 is 11.4 Å². The molecule has 1 saturated heterocycles. The minimum absolute atomic E-state index is 0.735. The van der Waals surface area contributed by atoms with Crippen LogP contribution in [0.3, 0.4) is 0 Å². The molecule has 1 aliphatic heterocycles. The molecule has 0 bridgehead atoms. The highest BCUT2D eigenvalue weighted by atomic mass is 16.5. The first-order chi connectivity index (χ1) is 9.28. The molecule has 2 unspecified atom stereocenters. The lowest BCUT2D eigenvalue weighted by atomic mass is 10.0. The van der Waals surface area contributed by atoms with Crippen LogP contribution in [0.4, 0.5) is 11.4 Å². The molecule has 1 aromatic carbocycles. The number of hydrogen-bond acceptors (Lipinski definition) is 3. The van der Waals surface area contributed by atoms with Gasteiger partial charge < -0.3 is 15.4 Å². The van der Waals surface area contributed by atoms with Crippen LogP contribution >= 0.6 is 0 Å². The van der Waals surface area contributed by atoms with Crippen molar-refractivity contribution in [3.05, 3.63) is 18.2 Å². The Bertz CT molecular complexity index is 434. The Morgan fingerprint density at radius 2 is 2.00 bits per heavy atom. The number of hydrogen-bond donors (Lipinski definition) is 1. The van der Waals surface area contributed by atoms with Crippen molar-refractivity contribution in [1.29, 1.82) is 0 Å². The summed E-state index contributed by atoms with van der Waals surface area (Å²) in [6, 6.07) is 6.23. The second kappa shape index (κ2) is 5.32. The molecule has 0 spiro atoms. The van der Waals surface area contributed by atoms with E-state index in [2.05, 4.69) is 24.0 Å². The monoisotopic (exact) mass is 260 g/mol. The van der Waals surface area contributed by atoms with Crippen LogP contribution in [-0.4, -0.2) is 19.7 Å². The zero-order chi connectivity index (χ0) is 13.2. The van der Waals surface area contributed by atoms with Gasteiger partial charge in [0.2, 0.25) is 0 Å². The smallest absolute Gasteiger partial charge is 0.144 e. The summed E-state index contributed by atoms with van der Waals surface area (Å²) >= 11 is 0.